The second-order valence-electron chi connectivity index (χ2n) is 3.64. The van der Waals surface area contributed by atoms with Crippen molar-refractivity contribution in [2.45, 2.75) is 32.1 Å². The molecule has 68 valence electrons. The second kappa shape index (κ2) is 3.73. The van der Waals surface area contributed by atoms with E-state index in [2.05, 4.69) is 6.07 Å². The van der Waals surface area contributed by atoms with Crippen molar-refractivity contribution in [3.63, 3.8) is 0 Å². The van der Waals surface area contributed by atoms with Gasteiger partial charge in [-0.3, -0.25) is 4.79 Å². The summed E-state index contributed by atoms with van der Waals surface area (Å²) >= 11 is 0. The molecule has 0 aromatic heterocycles. The lowest BCUT2D eigenvalue weighted by molar-refractivity contribution is 0.0976. The molecule has 1 aliphatic carbocycles. The quantitative estimate of drug-likeness (QED) is 0.591. The standard InChI is InChI=1S/C12H14O/c13-12-9-3-1-2-6-10-7-4-5-8-11(10)12/h4-5,7-8H,1-3,6,9H2. The van der Waals surface area contributed by atoms with Gasteiger partial charge in [0.1, 0.15) is 0 Å². The third kappa shape index (κ3) is 1.80. The van der Waals surface area contributed by atoms with Crippen LogP contribution >= 0.6 is 0 Å². The number of carbonyl (C=O) groups is 1. The topological polar surface area (TPSA) is 17.1 Å². The summed E-state index contributed by atoms with van der Waals surface area (Å²) in [6.07, 6.45) is 5.29. The number of aryl methyl sites for hydroxylation is 1. The Bertz CT molecular complexity index is 315. The lowest BCUT2D eigenvalue weighted by Crippen LogP contribution is -2.06. The van der Waals surface area contributed by atoms with Gasteiger partial charge < -0.3 is 0 Å². The molecule has 0 N–H and O–H groups in total. The Hall–Kier alpha value is -1.11. The van der Waals surface area contributed by atoms with E-state index in [1.807, 2.05) is 18.2 Å². The van der Waals surface area contributed by atoms with Gasteiger partial charge in [0.2, 0.25) is 0 Å². The molecule has 0 aliphatic heterocycles. The third-order valence-corrected chi connectivity index (χ3v) is 2.67. The zero-order chi connectivity index (χ0) is 9.10. The Morgan fingerprint density at radius 1 is 0.923 bits per heavy atom. The van der Waals surface area contributed by atoms with Crippen LogP contribution in [0.15, 0.2) is 24.3 Å². The fourth-order valence-corrected chi connectivity index (χ4v) is 1.92. The van der Waals surface area contributed by atoms with Crippen LogP contribution in [0.5, 0.6) is 0 Å². The first-order valence-corrected chi connectivity index (χ1v) is 4.99. The maximum atomic E-state index is 11.7. The van der Waals surface area contributed by atoms with Gasteiger partial charge in [-0.15, -0.1) is 0 Å². The first-order chi connectivity index (χ1) is 6.38. The highest BCUT2D eigenvalue weighted by molar-refractivity contribution is 5.97. The van der Waals surface area contributed by atoms with E-state index in [9.17, 15) is 4.79 Å². The van der Waals surface area contributed by atoms with Gasteiger partial charge in [0.25, 0.3) is 0 Å². The van der Waals surface area contributed by atoms with Gasteiger partial charge >= 0.3 is 0 Å². The number of Topliss-reactive ketones (excluding diaryl/α,β-unsaturated/α-hetero) is 1. The van der Waals surface area contributed by atoms with E-state index in [0.29, 0.717) is 5.78 Å². The van der Waals surface area contributed by atoms with Crippen molar-refractivity contribution in [3.05, 3.63) is 35.4 Å². The normalized spacial score (nSPS) is 17.4. The predicted molar refractivity (Wildman–Crippen MR) is 52.9 cm³/mol. The lowest BCUT2D eigenvalue weighted by atomic mass is 9.93. The maximum Gasteiger partial charge on any atom is 0.163 e. The number of hydrogen-bond donors (Lipinski definition) is 0. The van der Waals surface area contributed by atoms with Crippen LogP contribution in [0.1, 0.15) is 41.6 Å². The van der Waals surface area contributed by atoms with Crippen molar-refractivity contribution in [2.24, 2.45) is 0 Å². The van der Waals surface area contributed by atoms with Crippen LogP contribution in [-0.2, 0) is 6.42 Å². The van der Waals surface area contributed by atoms with E-state index in [-0.39, 0.29) is 0 Å². The molecule has 0 fully saturated rings. The molecule has 1 nitrogen and oxygen atoms in total. The Balaban J connectivity index is 2.37. The van der Waals surface area contributed by atoms with Crippen molar-refractivity contribution < 1.29 is 4.79 Å². The largest absolute Gasteiger partial charge is 0.294 e. The molecule has 0 atom stereocenters. The third-order valence-electron chi connectivity index (χ3n) is 2.67. The van der Waals surface area contributed by atoms with Gasteiger partial charge in [0, 0.05) is 12.0 Å². The van der Waals surface area contributed by atoms with Crippen molar-refractivity contribution in [1.82, 2.24) is 0 Å². The van der Waals surface area contributed by atoms with E-state index in [4.69, 9.17) is 0 Å². The highest BCUT2D eigenvalue weighted by atomic mass is 16.1. The second-order valence-corrected chi connectivity index (χ2v) is 3.64. The molecular weight excluding hydrogens is 160 g/mol. The Morgan fingerprint density at radius 3 is 2.62 bits per heavy atom. The van der Waals surface area contributed by atoms with Crippen LogP contribution in [0.3, 0.4) is 0 Å². The smallest absolute Gasteiger partial charge is 0.163 e. The number of rotatable bonds is 0. The predicted octanol–water partition coefficient (Wildman–Crippen LogP) is 2.99. The van der Waals surface area contributed by atoms with Gasteiger partial charge in [0.05, 0.1) is 0 Å². The van der Waals surface area contributed by atoms with Crippen molar-refractivity contribution in [3.8, 4) is 0 Å². The summed E-state index contributed by atoms with van der Waals surface area (Å²) in [6.45, 7) is 0. The van der Waals surface area contributed by atoms with Gasteiger partial charge in [-0.1, -0.05) is 30.7 Å². The molecule has 1 aromatic carbocycles. The van der Waals surface area contributed by atoms with E-state index >= 15 is 0 Å². The van der Waals surface area contributed by atoms with Crippen molar-refractivity contribution in [1.29, 1.82) is 0 Å². The van der Waals surface area contributed by atoms with E-state index < -0.39 is 0 Å². The average Bonchev–Trinajstić information content (AvgIpc) is 2.14. The van der Waals surface area contributed by atoms with Crippen molar-refractivity contribution >= 4 is 5.78 Å². The lowest BCUT2D eigenvalue weighted by Gasteiger charge is -2.11. The Labute approximate surface area is 78.8 Å². The molecule has 0 heterocycles. The van der Waals surface area contributed by atoms with Gasteiger partial charge in [-0.05, 0) is 24.8 Å². The summed E-state index contributed by atoms with van der Waals surface area (Å²) in [7, 11) is 0. The molecule has 0 radical (unpaired) electrons. The molecule has 0 spiro atoms. The minimum absolute atomic E-state index is 0.329. The van der Waals surface area contributed by atoms with Crippen LogP contribution in [0.2, 0.25) is 0 Å². The highest BCUT2D eigenvalue weighted by Crippen LogP contribution is 2.19. The number of carbonyl (C=O) groups excluding carboxylic acids is 1. The van der Waals surface area contributed by atoms with Crippen LogP contribution in [0, 0.1) is 0 Å². The summed E-state index contributed by atoms with van der Waals surface area (Å²) < 4.78 is 0. The van der Waals surface area contributed by atoms with Gasteiger partial charge in [0.15, 0.2) is 5.78 Å². The molecule has 1 heteroatoms. The van der Waals surface area contributed by atoms with E-state index in [0.717, 1.165) is 24.8 Å². The van der Waals surface area contributed by atoms with Crippen LogP contribution in [0.4, 0.5) is 0 Å². The molecule has 0 bridgehead atoms. The van der Waals surface area contributed by atoms with Gasteiger partial charge in [-0.2, -0.15) is 0 Å². The minimum atomic E-state index is 0.329. The van der Waals surface area contributed by atoms with Crippen LogP contribution in [-0.4, -0.2) is 5.78 Å². The summed E-state index contributed by atoms with van der Waals surface area (Å²) in [5.74, 6) is 0.329. The number of benzene rings is 1. The SMILES string of the molecule is O=C1CCCCCc2ccccc21. The number of fused-ring (bicyclic) bond motifs is 1. The molecule has 0 saturated carbocycles. The van der Waals surface area contributed by atoms with Crippen molar-refractivity contribution in [2.75, 3.05) is 0 Å². The molecular formula is C12H14O. The summed E-state index contributed by atoms with van der Waals surface area (Å²) in [4.78, 5) is 11.7. The molecule has 0 saturated heterocycles. The molecule has 1 aliphatic rings. The molecule has 1 aromatic rings. The zero-order valence-electron chi connectivity index (χ0n) is 7.75. The number of ketones is 1. The van der Waals surface area contributed by atoms with Crippen LogP contribution in [0.25, 0.3) is 0 Å². The molecule has 0 unspecified atom stereocenters. The Kier molecular flexibility index (Phi) is 2.44. The average molecular weight is 174 g/mol. The maximum absolute atomic E-state index is 11.7. The molecule has 2 rings (SSSR count). The summed E-state index contributed by atoms with van der Waals surface area (Å²) in [6, 6.07) is 8.02. The van der Waals surface area contributed by atoms with Gasteiger partial charge in [-0.25, -0.2) is 0 Å². The fraction of sp³-hybridized carbons (Fsp3) is 0.417. The Morgan fingerprint density at radius 2 is 1.69 bits per heavy atom. The highest BCUT2D eigenvalue weighted by Gasteiger charge is 2.12. The summed E-state index contributed by atoms with van der Waals surface area (Å²) in [5, 5.41) is 0. The first kappa shape index (κ1) is 8.49. The van der Waals surface area contributed by atoms with E-state index in [1.54, 1.807) is 0 Å². The summed E-state index contributed by atoms with van der Waals surface area (Å²) in [5.41, 5.74) is 2.20. The van der Waals surface area contributed by atoms with Crippen LogP contribution < -0.4 is 0 Å². The first-order valence-electron chi connectivity index (χ1n) is 4.99. The zero-order valence-corrected chi connectivity index (χ0v) is 7.75. The molecule has 13 heavy (non-hydrogen) atoms. The van der Waals surface area contributed by atoms with E-state index in [1.165, 1.54) is 18.4 Å². The minimum Gasteiger partial charge on any atom is -0.294 e. The molecule has 0 amide bonds. The monoisotopic (exact) mass is 174 g/mol. The fourth-order valence-electron chi connectivity index (χ4n) is 1.92. The number of hydrogen-bond acceptors (Lipinski definition) is 1.